The van der Waals surface area contributed by atoms with Crippen LogP contribution in [0.5, 0.6) is 0 Å². The number of thioether (sulfide) groups is 1. The van der Waals surface area contributed by atoms with Crippen molar-refractivity contribution in [1.82, 2.24) is 0 Å². The van der Waals surface area contributed by atoms with Crippen LogP contribution in [0.25, 0.3) is 0 Å². The second-order valence-corrected chi connectivity index (χ2v) is 5.17. The lowest BCUT2D eigenvalue weighted by atomic mass is 10.2. The third kappa shape index (κ3) is 5.42. The zero-order chi connectivity index (χ0) is 13.4. The van der Waals surface area contributed by atoms with Gasteiger partial charge in [0.1, 0.15) is 4.20 Å². The first kappa shape index (κ1) is 14.9. The number of nitrogens with one attached hydrogen (secondary N) is 1. The molecule has 5 heteroatoms. The van der Waals surface area contributed by atoms with Crippen LogP contribution in [0.2, 0.25) is 0 Å². The van der Waals surface area contributed by atoms with Crippen LogP contribution in [-0.4, -0.2) is 22.1 Å². The molecule has 1 rings (SSSR count). The molecule has 1 N–H and O–H groups in total. The first-order valence-electron chi connectivity index (χ1n) is 5.59. The molecule has 0 aliphatic rings. The van der Waals surface area contributed by atoms with E-state index in [4.69, 9.17) is 12.2 Å². The van der Waals surface area contributed by atoms with Crippen LogP contribution in [-0.2, 0) is 9.59 Å². The summed E-state index contributed by atoms with van der Waals surface area (Å²) >= 11 is 6.15. The quantitative estimate of drug-likeness (QED) is 0.814. The molecule has 18 heavy (non-hydrogen) atoms. The van der Waals surface area contributed by atoms with Gasteiger partial charge >= 0.3 is 0 Å². The van der Waals surface area contributed by atoms with E-state index in [9.17, 15) is 9.59 Å². The molecular formula is C13H15NO2S2. The minimum absolute atomic E-state index is 0.0509. The van der Waals surface area contributed by atoms with E-state index < -0.39 is 0 Å². The summed E-state index contributed by atoms with van der Waals surface area (Å²) in [6.45, 7) is 0. The molecule has 0 unspecified atom stereocenters. The Morgan fingerprint density at radius 1 is 1.22 bits per heavy atom. The first-order chi connectivity index (χ1) is 8.63. The van der Waals surface area contributed by atoms with Crippen molar-refractivity contribution in [3.63, 3.8) is 0 Å². The van der Waals surface area contributed by atoms with Crippen LogP contribution in [0.3, 0.4) is 0 Å². The highest BCUT2D eigenvalue weighted by Gasteiger charge is 2.09. The summed E-state index contributed by atoms with van der Waals surface area (Å²) in [5, 5.41) is 2.77. The van der Waals surface area contributed by atoms with E-state index in [2.05, 4.69) is 5.32 Å². The number of rotatable bonds is 6. The van der Waals surface area contributed by atoms with Crippen molar-refractivity contribution >= 4 is 45.6 Å². The molecule has 1 aromatic carbocycles. The van der Waals surface area contributed by atoms with Gasteiger partial charge in [-0.15, -0.1) is 11.8 Å². The number of thiocarbonyl (C=S) groups is 1. The van der Waals surface area contributed by atoms with Gasteiger partial charge in [0.05, 0.1) is 0 Å². The number of carbonyl (C=O) groups is 2. The van der Waals surface area contributed by atoms with E-state index >= 15 is 0 Å². The maximum Gasteiger partial charge on any atom is 0.224 e. The van der Waals surface area contributed by atoms with Crippen LogP contribution in [0, 0.1) is 0 Å². The highest BCUT2D eigenvalue weighted by molar-refractivity contribution is 8.24. The highest BCUT2D eigenvalue weighted by atomic mass is 32.2. The Morgan fingerprint density at radius 3 is 2.50 bits per heavy atom. The SMILES string of the molecule is CSC(=S)C(=O)CCCC(=O)Nc1ccccc1. The van der Waals surface area contributed by atoms with Gasteiger partial charge < -0.3 is 5.32 Å². The Kier molecular flexibility index (Phi) is 6.60. The summed E-state index contributed by atoms with van der Waals surface area (Å²) in [5.74, 6) is -0.130. The summed E-state index contributed by atoms with van der Waals surface area (Å²) in [7, 11) is 0. The van der Waals surface area contributed by atoms with Crippen LogP contribution in [0.1, 0.15) is 19.3 Å². The third-order valence-corrected chi connectivity index (χ3v) is 3.60. The van der Waals surface area contributed by atoms with Gasteiger partial charge in [0.25, 0.3) is 0 Å². The zero-order valence-electron chi connectivity index (χ0n) is 10.1. The fourth-order valence-corrected chi connectivity index (χ4v) is 1.80. The molecule has 0 aliphatic carbocycles. The van der Waals surface area contributed by atoms with Crippen LogP contribution < -0.4 is 5.32 Å². The maximum atomic E-state index is 11.6. The van der Waals surface area contributed by atoms with Gasteiger partial charge in [-0.2, -0.15) is 0 Å². The molecule has 0 aliphatic heterocycles. The summed E-state index contributed by atoms with van der Waals surface area (Å²) in [5.41, 5.74) is 0.772. The predicted molar refractivity (Wildman–Crippen MR) is 80.0 cm³/mol. The van der Waals surface area contributed by atoms with Crippen molar-refractivity contribution < 1.29 is 9.59 Å². The number of para-hydroxylation sites is 1. The van der Waals surface area contributed by atoms with E-state index in [-0.39, 0.29) is 11.7 Å². The van der Waals surface area contributed by atoms with Gasteiger partial charge in [-0.1, -0.05) is 30.4 Å². The average Bonchev–Trinajstić information content (AvgIpc) is 2.38. The highest BCUT2D eigenvalue weighted by Crippen LogP contribution is 2.08. The molecule has 0 spiro atoms. The van der Waals surface area contributed by atoms with E-state index in [1.165, 1.54) is 11.8 Å². The molecule has 0 fully saturated rings. The number of hydrogen-bond donors (Lipinski definition) is 1. The minimum Gasteiger partial charge on any atom is -0.326 e. The van der Waals surface area contributed by atoms with Gasteiger partial charge in [-0.3, -0.25) is 9.59 Å². The summed E-state index contributed by atoms with van der Waals surface area (Å²) < 4.78 is 0.387. The first-order valence-corrected chi connectivity index (χ1v) is 7.23. The van der Waals surface area contributed by atoms with Crippen molar-refractivity contribution in [2.75, 3.05) is 11.6 Å². The van der Waals surface area contributed by atoms with Crippen molar-refractivity contribution in [3.05, 3.63) is 30.3 Å². The van der Waals surface area contributed by atoms with Crippen LogP contribution in [0.4, 0.5) is 5.69 Å². The van der Waals surface area contributed by atoms with Crippen molar-refractivity contribution in [1.29, 1.82) is 0 Å². The molecule has 3 nitrogen and oxygen atoms in total. The zero-order valence-corrected chi connectivity index (χ0v) is 11.8. The van der Waals surface area contributed by atoms with Crippen molar-refractivity contribution in [2.24, 2.45) is 0 Å². The smallest absolute Gasteiger partial charge is 0.224 e. The number of Topliss-reactive ketones (excluding diaryl/α,β-unsaturated/α-hetero) is 1. The summed E-state index contributed by atoms with van der Waals surface area (Å²) in [6, 6.07) is 9.25. The number of carbonyl (C=O) groups excluding carboxylic acids is 2. The topological polar surface area (TPSA) is 46.2 Å². The van der Waals surface area contributed by atoms with Crippen molar-refractivity contribution in [3.8, 4) is 0 Å². The van der Waals surface area contributed by atoms with Crippen LogP contribution >= 0.6 is 24.0 Å². The third-order valence-electron chi connectivity index (χ3n) is 2.28. The minimum atomic E-state index is -0.0796. The number of amides is 1. The van der Waals surface area contributed by atoms with Gasteiger partial charge in [-0.25, -0.2) is 0 Å². The number of benzene rings is 1. The molecule has 96 valence electrons. The lowest BCUT2D eigenvalue weighted by Crippen LogP contribution is -2.13. The standard InChI is InChI=1S/C13H15NO2S2/c1-18-13(17)11(15)8-5-9-12(16)14-10-6-3-2-4-7-10/h2-4,6-7H,5,8-9H2,1H3,(H,14,16). The van der Waals surface area contributed by atoms with Gasteiger partial charge in [0.2, 0.25) is 5.91 Å². The number of ketones is 1. The van der Waals surface area contributed by atoms with Crippen LogP contribution in [0.15, 0.2) is 30.3 Å². The molecule has 0 saturated heterocycles. The molecule has 0 atom stereocenters. The lowest BCUT2D eigenvalue weighted by Gasteiger charge is -2.04. The average molecular weight is 281 g/mol. The van der Waals surface area contributed by atoms with Gasteiger partial charge in [0, 0.05) is 18.5 Å². The lowest BCUT2D eigenvalue weighted by molar-refractivity contribution is -0.116. The second-order valence-electron chi connectivity index (χ2n) is 3.68. The van der Waals surface area contributed by atoms with E-state index in [0.29, 0.717) is 23.5 Å². The van der Waals surface area contributed by atoms with Crippen molar-refractivity contribution in [2.45, 2.75) is 19.3 Å². The normalized spacial score (nSPS) is 9.83. The number of hydrogen-bond acceptors (Lipinski definition) is 4. The monoisotopic (exact) mass is 281 g/mol. The molecule has 0 aromatic heterocycles. The van der Waals surface area contributed by atoms with E-state index in [1.807, 2.05) is 30.3 Å². The number of anilines is 1. The predicted octanol–water partition coefficient (Wildman–Crippen LogP) is 3.05. The molecule has 0 radical (unpaired) electrons. The largest absolute Gasteiger partial charge is 0.326 e. The maximum absolute atomic E-state index is 11.6. The Hall–Kier alpha value is -1.20. The summed E-state index contributed by atoms with van der Waals surface area (Å²) in [6.07, 6.45) is 2.97. The molecule has 0 heterocycles. The fraction of sp³-hybridized carbons (Fsp3) is 0.308. The molecule has 0 bridgehead atoms. The Labute approximate surface area is 116 Å². The fourth-order valence-electron chi connectivity index (χ4n) is 1.37. The Morgan fingerprint density at radius 2 is 1.89 bits per heavy atom. The Bertz CT molecular complexity index is 432. The molecule has 0 saturated carbocycles. The van der Waals surface area contributed by atoms with Gasteiger partial charge in [0.15, 0.2) is 5.78 Å². The van der Waals surface area contributed by atoms with E-state index in [0.717, 1.165) is 5.69 Å². The molecule has 1 amide bonds. The van der Waals surface area contributed by atoms with E-state index in [1.54, 1.807) is 6.26 Å². The Balaban J connectivity index is 2.26. The molecular weight excluding hydrogens is 266 g/mol. The summed E-state index contributed by atoms with van der Waals surface area (Å²) in [4.78, 5) is 23.0. The molecule has 1 aromatic rings. The van der Waals surface area contributed by atoms with Gasteiger partial charge in [-0.05, 0) is 24.8 Å². The second kappa shape index (κ2) is 8.00.